The predicted octanol–water partition coefficient (Wildman–Crippen LogP) is 3.51. The summed E-state index contributed by atoms with van der Waals surface area (Å²) in [6.45, 7) is 7.17. The molecule has 1 aromatic rings. The van der Waals surface area contributed by atoms with E-state index in [0.717, 1.165) is 18.9 Å². The number of ether oxygens (including phenoxy) is 1. The second kappa shape index (κ2) is 5.85. The summed E-state index contributed by atoms with van der Waals surface area (Å²) in [7, 11) is 0. The Bertz CT molecular complexity index is 376. The quantitative estimate of drug-likeness (QED) is 0.864. The normalized spacial score (nSPS) is 24.7. The molecule has 0 radical (unpaired) electrons. The van der Waals surface area contributed by atoms with E-state index >= 15 is 0 Å². The van der Waals surface area contributed by atoms with Crippen LogP contribution in [0.15, 0.2) is 18.2 Å². The molecule has 2 N–H and O–H groups in total. The van der Waals surface area contributed by atoms with Crippen molar-refractivity contribution in [3.8, 4) is 0 Å². The van der Waals surface area contributed by atoms with Crippen molar-refractivity contribution in [1.82, 2.24) is 0 Å². The van der Waals surface area contributed by atoms with Gasteiger partial charge in [0.25, 0.3) is 0 Å². The highest BCUT2D eigenvalue weighted by Gasteiger charge is 2.30. The Morgan fingerprint density at radius 2 is 1.83 bits per heavy atom. The Labute approximate surface area is 111 Å². The first-order valence-corrected chi connectivity index (χ1v) is 7.04. The van der Waals surface area contributed by atoms with Crippen molar-refractivity contribution in [2.24, 2.45) is 11.7 Å². The Balaban J connectivity index is 1.87. The standard InChI is InChI=1S/C16H25NO/c1-4-18-15-8-13(9-15)10-16(17)14-6-11(2)5-12(3)7-14/h5-7,13,15-16H,4,8-10,17H2,1-3H3. The van der Waals surface area contributed by atoms with Crippen molar-refractivity contribution in [2.45, 2.75) is 52.2 Å². The van der Waals surface area contributed by atoms with E-state index < -0.39 is 0 Å². The summed E-state index contributed by atoms with van der Waals surface area (Å²) in [4.78, 5) is 0. The van der Waals surface area contributed by atoms with Gasteiger partial charge in [0, 0.05) is 12.6 Å². The van der Waals surface area contributed by atoms with E-state index in [0.29, 0.717) is 6.10 Å². The Hall–Kier alpha value is -0.860. The molecule has 0 saturated heterocycles. The Morgan fingerprint density at radius 1 is 1.22 bits per heavy atom. The van der Waals surface area contributed by atoms with E-state index in [1.165, 1.54) is 29.5 Å². The van der Waals surface area contributed by atoms with Crippen LogP contribution in [0, 0.1) is 19.8 Å². The minimum absolute atomic E-state index is 0.177. The molecule has 1 saturated carbocycles. The third kappa shape index (κ3) is 3.33. The number of benzene rings is 1. The van der Waals surface area contributed by atoms with Gasteiger partial charge >= 0.3 is 0 Å². The van der Waals surface area contributed by atoms with Gasteiger partial charge in [-0.25, -0.2) is 0 Å². The molecule has 2 heteroatoms. The third-order valence-corrected chi connectivity index (χ3v) is 3.85. The van der Waals surface area contributed by atoms with Crippen LogP contribution in [-0.4, -0.2) is 12.7 Å². The van der Waals surface area contributed by atoms with Crippen LogP contribution in [0.1, 0.15) is 48.9 Å². The maximum Gasteiger partial charge on any atom is 0.0580 e. The smallest absolute Gasteiger partial charge is 0.0580 e. The molecule has 1 aliphatic carbocycles. The summed E-state index contributed by atoms with van der Waals surface area (Å²) < 4.78 is 5.59. The fourth-order valence-corrected chi connectivity index (χ4v) is 2.96. The molecule has 1 aliphatic rings. The number of aryl methyl sites for hydroxylation is 2. The number of rotatable bonds is 5. The van der Waals surface area contributed by atoms with Gasteiger partial charge in [0.1, 0.15) is 0 Å². The van der Waals surface area contributed by atoms with E-state index in [4.69, 9.17) is 10.5 Å². The molecule has 1 aromatic carbocycles. The minimum Gasteiger partial charge on any atom is -0.378 e. The molecule has 1 unspecified atom stereocenters. The van der Waals surface area contributed by atoms with Crippen molar-refractivity contribution in [2.75, 3.05) is 6.61 Å². The summed E-state index contributed by atoms with van der Waals surface area (Å²) in [5.74, 6) is 0.748. The lowest BCUT2D eigenvalue weighted by molar-refractivity contribution is -0.0282. The Morgan fingerprint density at radius 3 is 2.39 bits per heavy atom. The largest absolute Gasteiger partial charge is 0.378 e. The van der Waals surface area contributed by atoms with Gasteiger partial charge in [-0.05, 0) is 51.5 Å². The molecule has 2 nitrogen and oxygen atoms in total. The summed E-state index contributed by atoms with van der Waals surface area (Å²) in [5, 5.41) is 0. The van der Waals surface area contributed by atoms with E-state index in [9.17, 15) is 0 Å². The lowest BCUT2D eigenvalue weighted by Crippen LogP contribution is -2.33. The molecule has 1 fully saturated rings. The fourth-order valence-electron chi connectivity index (χ4n) is 2.96. The second-order valence-corrected chi connectivity index (χ2v) is 5.68. The maximum atomic E-state index is 6.32. The van der Waals surface area contributed by atoms with E-state index in [1.807, 2.05) is 0 Å². The van der Waals surface area contributed by atoms with Crippen LogP contribution in [0.4, 0.5) is 0 Å². The van der Waals surface area contributed by atoms with Gasteiger partial charge in [-0.2, -0.15) is 0 Å². The van der Waals surface area contributed by atoms with Crippen molar-refractivity contribution >= 4 is 0 Å². The van der Waals surface area contributed by atoms with Crippen LogP contribution < -0.4 is 5.73 Å². The maximum absolute atomic E-state index is 6.32. The van der Waals surface area contributed by atoms with Gasteiger partial charge in [0.05, 0.1) is 6.10 Å². The minimum atomic E-state index is 0.177. The second-order valence-electron chi connectivity index (χ2n) is 5.68. The number of nitrogens with two attached hydrogens (primary N) is 1. The SMILES string of the molecule is CCOC1CC(CC(N)c2cc(C)cc(C)c2)C1. The van der Waals surface area contributed by atoms with E-state index in [2.05, 4.69) is 39.0 Å². The van der Waals surface area contributed by atoms with Crippen LogP contribution in [-0.2, 0) is 4.74 Å². The molecule has 0 aromatic heterocycles. The first kappa shape index (κ1) is 13.6. The molecule has 2 rings (SSSR count). The lowest BCUT2D eigenvalue weighted by Gasteiger charge is -2.36. The first-order valence-electron chi connectivity index (χ1n) is 7.04. The molecule has 0 amide bonds. The van der Waals surface area contributed by atoms with E-state index in [-0.39, 0.29) is 6.04 Å². The van der Waals surface area contributed by atoms with Gasteiger partial charge in [0.2, 0.25) is 0 Å². The molecule has 0 aliphatic heterocycles. The van der Waals surface area contributed by atoms with Gasteiger partial charge in [-0.15, -0.1) is 0 Å². The van der Waals surface area contributed by atoms with Gasteiger partial charge in [-0.3, -0.25) is 0 Å². The number of hydrogen-bond donors (Lipinski definition) is 1. The number of hydrogen-bond acceptors (Lipinski definition) is 2. The van der Waals surface area contributed by atoms with Crippen LogP contribution in [0.2, 0.25) is 0 Å². The summed E-state index contributed by atoms with van der Waals surface area (Å²) in [6, 6.07) is 6.81. The van der Waals surface area contributed by atoms with Crippen molar-refractivity contribution < 1.29 is 4.74 Å². The van der Waals surface area contributed by atoms with Crippen LogP contribution in [0.3, 0.4) is 0 Å². The fraction of sp³-hybridized carbons (Fsp3) is 0.625. The molecular weight excluding hydrogens is 222 g/mol. The highest BCUT2D eigenvalue weighted by Crippen LogP contribution is 2.36. The summed E-state index contributed by atoms with van der Waals surface area (Å²) in [6.07, 6.45) is 3.96. The zero-order valence-electron chi connectivity index (χ0n) is 11.8. The lowest BCUT2D eigenvalue weighted by atomic mass is 9.77. The molecule has 18 heavy (non-hydrogen) atoms. The van der Waals surface area contributed by atoms with Gasteiger partial charge < -0.3 is 10.5 Å². The predicted molar refractivity (Wildman–Crippen MR) is 75.6 cm³/mol. The summed E-state index contributed by atoms with van der Waals surface area (Å²) >= 11 is 0. The zero-order valence-corrected chi connectivity index (χ0v) is 11.8. The highest BCUT2D eigenvalue weighted by atomic mass is 16.5. The Kier molecular flexibility index (Phi) is 4.41. The molecular formula is C16H25NO. The zero-order chi connectivity index (χ0) is 13.1. The monoisotopic (exact) mass is 247 g/mol. The van der Waals surface area contributed by atoms with Crippen molar-refractivity contribution in [3.63, 3.8) is 0 Å². The van der Waals surface area contributed by atoms with Crippen LogP contribution in [0.5, 0.6) is 0 Å². The van der Waals surface area contributed by atoms with Crippen LogP contribution in [0.25, 0.3) is 0 Å². The van der Waals surface area contributed by atoms with Crippen molar-refractivity contribution in [1.29, 1.82) is 0 Å². The molecule has 1 atom stereocenters. The summed E-state index contributed by atoms with van der Waals surface area (Å²) in [5.41, 5.74) is 10.2. The topological polar surface area (TPSA) is 35.2 Å². The molecule has 0 bridgehead atoms. The van der Waals surface area contributed by atoms with Gasteiger partial charge in [-0.1, -0.05) is 29.3 Å². The molecule has 0 heterocycles. The molecule has 100 valence electrons. The average Bonchev–Trinajstić information content (AvgIpc) is 2.24. The van der Waals surface area contributed by atoms with Crippen molar-refractivity contribution in [3.05, 3.63) is 34.9 Å². The average molecular weight is 247 g/mol. The third-order valence-electron chi connectivity index (χ3n) is 3.85. The van der Waals surface area contributed by atoms with Gasteiger partial charge in [0.15, 0.2) is 0 Å². The van der Waals surface area contributed by atoms with E-state index in [1.54, 1.807) is 0 Å². The highest BCUT2D eigenvalue weighted by molar-refractivity contribution is 5.30. The molecule has 0 spiro atoms. The van der Waals surface area contributed by atoms with Crippen LogP contribution >= 0.6 is 0 Å². The first-order chi connectivity index (χ1) is 8.58.